The van der Waals surface area contributed by atoms with Crippen LogP contribution in [0.5, 0.6) is 0 Å². The standard InChI is InChI=1S/C7H12O5S/c1-13-3-2-4(6(9)10)5(8)7(11)12/h4-5,8H,2-3H2,1H3,(H,9,10)(H,11,12)/p-2. The van der Waals surface area contributed by atoms with Crippen LogP contribution < -0.4 is 10.2 Å². The van der Waals surface area contributed by atoms with E-state index in [4.69, 9.17) is 5.11 Å². The van der Waals surface area contributed by atoms with E-state index >= 15 is 0 Å². The van der Waals surface area contributed by atoms with E-state index in [0.29, 0.717) is 5.75 Å². The average Bonchev–Trinajstić information content (AvgIpc) is 2.04. The van der Waals surface area contributed by atoms with Crippen LogP contribution in [0.2, 0.25) is 0 Å². The Balaban J connectivity index is 4.24. The summed E-state index contributed by atoms with van der Waals surface area (Å²) in [5, 5.41) is 29.4. The van der Waals surface area contributed by atoms with Gasteiger partial charge in [0.25, 0.3) is 0 Å². The van der Waals surface area contributed by atoms with Crippen molar-refractivity contribution in [2.24, 2.45) is 5.92 Å². The van der Waals surface area contributed by atoms with Crippen LogP contribution in [0.1, 0.15) is 6.42 Å². The molecule has 0 aromatic heterocycles. The minimum Gasteiger partial charge on any atom is -0.550 e. The van der Waals surface area contributed by atoms with Crippen molar-refractivity contribution >= 4 is 23.7 Å². The molecule has 0 aliphatic heterocycles. The van der Waals surface area contributed by atoms with Gasteiger partial charge >= 0.3 is 0 Å². The summed E-state index contributed by atoms with van der Waals surface area (Å²) in [4.78, 5) is 20.5. The number of aliphatic hydroxyl groups is 1. The quantitative estimate of drug-likeness (QED) is 0.504. The highest BCUT2D eigenvalue weighted by Crippen LogP contribution is 2.11. The number of hydrogen-bond acceptors (Lipinski definition) is 6. The van der Waals surface area contributed by atoms with E-state index < -0.39 is 24.0 Å². The number of carbonyl (C=O) groups excluding carboxylic acids is 2. The van der Waals surface area contributed by atoms with Crippen LogP contribution in [-0.2, 0) is 9.59 Å². The van der Waals surface area contributed by atoms with Crippen molar-refractivity contribution < 1.29 is 24.9 Å². The zero-order valence-electron chi connectivity index (χ0n) is 7.06. The van der Waals surface area contributed by atoms with Gasteiger partial charge in [0.05, 0.1) is 5.97 Å². The predicted molar refractivity (Wildman–Crippen MR) is 42.5 cm³/mol. The Hall–Kier alpha value is -0.750. The largest absolute Gasteiger partial charge is 0.550 e. The fourth-order valence-electron chi connectivity index (χ4n) is 0.814. The van der Waals surface area contributed by atoms with Crippen LogP contribution in [0.15, 0.2) is 0 Å². The number of carbonyl (C=O) groups is 2. The lowest BCUT2D eigenvalue weighted by atomic mass is 10.00. The van der Waals surface area contributed by atoms with Crippen LogP contribution in [0.3, 0.4) is 0 Å². The minimum atomic E-state index is -1.99. The molecule has 0 radical (unpaired) electrons. The Labute approximate surface area is 79.8 Å². The molecule has 0 heterocycles. The lowest BCUT2D eigenvalue weighted by Crippen LogP contribution is -2.47. The summed E-state index contributed by atoms with van der Waals surface area (Å²) in [5.41, 5.74) is 0. The van der Waals surface area contributed by atoms with Crippen LogP contribution in [0.4, 0.5) is 0 Å². The second kappa shape index (κ2) is 5.82. The molecule has 0 fully saturated rings. The maximum absolute atomic E-state index is 10.4. The highest BCUT2D eigenvalue weighted by atomic mass is 32.2. The lowest BCUT2D eigenvalue weighted by molar-refractivity contribution is -0.330. The highest BCUT2D eigenvalue weighted by molar-refractivity contribution is 7.98. The van der Waals surface area contributed by atoms with E-state index in [-0.39, 0.29) is 6.42 Å². The average molecular weight is 206 g/mol. The second-order valence-corrected chi connectivity index (χ2v) is 3.46. The van der Waals surface area contributed by atoms with Gasteiger partial charge in [-0.2, -0.15) is 11.8 Å². The number of carboxylic acid groups (broad SMARTS) is 2. The van der Waals surface area contributed by atoms with Crippen LogP contribution in [-0.4, -0.2) is 35.2 Å². The number of aliphatic hydroxyl groups excluding tert-OH is 1. The van der Waals surface area contributed by atoms with E-state index in [1.807, 2.05) is 0 Å². The first-order valence-electron chi connectivity index (χ1n) is 3.59. The molecule has 0 aliphatic carbocycles. The van der Waals surface area contributed by atoms with E-state index in [1.54, 1.807) is 6.26 Å². The van der Waals surface area contributed by atoms with Gasteiger partial charge in [0, 0.05) is 11.9 Å². The van der Waals surface area contributed by atoms with Crippen molar-refractivity contribution in [1.82, 2.24) is 0 Å². The molecule has 0 saturated carbocycles. The first kappa shape index (κ1) is 12.2. The molecule has 13 heavy (non-hydrogen) atoms. The van der Waals surface area contributed by atoms with Crippen molar-refractivity contribution in [2.75, 3.05) is 12.0 Å². The summed E-state index contributed by atoms with van der Waals surface area (Å²) < 4.78 is 0. The zero-order chi connectivity index (χ0) is 10.4. The molecule has 0 rings (SSSR count). The minimum absolute atomic E-state index is 0.0542. The number of carboxylic acids is 2. The molecular weight excluding hydrogens is 196 g/mol. The molecule has 1 N–H and O–H groups in total. The molecule has 0 spiro atoms. The van der Waals surface area contributed by atoms with Gasteiger partial charge in [0.15, 0.2) is 0 Å². The van der Waals surface area contributed by atoms with Gasteiger partial charge in [-0.1, -0.05) is 0 Å². The fourth-order valence-corrected chi connectivity index (χ4v) is 1.30. The van der Waals surface area contributed by atoms with E-state index in [9.17, 15) is 19.8 Å². The van der Waals surface area contributed by atoms with Gasteiger partial charge in [-0.25, -0.2) is 0 Å². The third kappa shape index (κ3) is 4.14. The summed E-state index contributed by atoms with van der Waals surface area (Å²) >= 11 is 1.36. The van der Waals surface area contributed by atoms with Crippen LogP contribution >= 0.6 is 11.8 Å². The van der Waals surface area contributed by atoms with Crippen LogP contribution in [0.25, 0.3) is 0 Å². The summed E-state index contributed by atoms with van der Waals surface area (Å²) in [5.74, 6) is -4.29. The number of thioether (sulfide) groups is 1. The Bertz CT molecular complexity index is 193. The van der Waals surface area contributed by atoms with Crippen LogP contribution in [0, 0.1) is 5.92 Å². The Kier molecular flexibility index (Phi) is 5.48. The molecule has 0 aliphatic rings. The number of rotatable bonds is 6. The molecule has 0 aromatic carbocycles. The Morgan fingerprint density at radius 1 is 1.38 bits per heavy atom. The highest BCUT2D eigenvalue weighted by Gasteiger charge is 2.20. The topological polar surface area (TPSA) is 100 Å². The summed E-state index contributed by atoms with van der Waals surface area (Å²) in [6.45, 7) is 0. The van der Waals surface area contributed by atoms with Gasteiger partial charge in [-0.15, -0.1) is 0 Å². The summed E-state index contributed by atoms with van der Waals surface area (Å²) in [6.07, 6.45) is -0.187. The molecular formula is C7H10O5S-2. The molecule has 2 unspecified atom stereocenters. The second-order valence-electron chi connectivity index (χ2n) is 2.47. The Morgan fingerprint density at radius 3 is 2.23 bits per heavy atom. The molecule has 6 heteroatoms. The smallest absolute Gasteiger partial charge is 0.101 e. The third-order valence-electron chi connectivity index (χ3n) is 1.56. The van der Waals surface area contributed by atoms with Crippen molar-refractivity contribution in [3.05, 3.63) is 0 Å². The van der Waals surface area contributed by atoms with Crippen molar-refractivity contribution in [3.8, 4) is 0 Å². The maximum atomic E-state index is 10.4. The molecule has 2 atom stereocenters. The molecule has 0 aromatic rings. The van der Waals surface area contributed by atoms with Crippen molar-refractivity contribution in [2.45, 2.75) is 12.5 Å². The van der Waals surface area contributed by atoms with Gasteiger partial charge < -0.3 is 24.9 Å². The van der Waals surface area contributed by atoms with Crippen molar-refractivity contribution in [1.29, 1.82) is 0 Å². The van der Waals surface area contributed by atoms with Gasteiger partial charge in [-0.05, 0) is 18.4 Å². The summed E-state index contributed by atoms with van der Waals surface area (Å²) in [7, 11) is 0. The number of aliphatic carboxylic acids is 2. The molecule has 0 saturated heterocycles. The van der Waals surface area contributed by atoms with Crippen molar-refractivity contribution in [3.63, 3.8) is 0 Å². The summed E-state index contributed by atoms with van der Waals surface area (Å²) in [6, 6.07) is 0. The molecule has 0 amide bonds. The fraction of sp³-hybridized carbons (Fsp3) is 0.714. The molecule has 5 nitrogen and oxygen atoms in total. The van der Waals surface area contributed by atoms with Gasteiger partial charge in [-0.3, -0.25) is 0 Å². The third-order valence-corrected chi connectivity index (χ3v) is 2.20. The molecule has 76 valence electrons. The SMILES string of the molecule is CSCCC(C(=O)[O-])C(O)C(=O)[O-]. The monoisotopic (exact) mass is 206 g/mol. The predicted octanol–water partition coefficient (Wildman–Crippen LogP) is -2.78. The van der Waals surface area contributed by atoms with E-state index in [2.05, 4.69) is 0 Å². The zero-order valence-corrected chi connectivity index (χ0v) is 7.87. The van der Waals surface area contributed by atoms with E-state index in [1.165, 1.54) is 11.8 Å². The first-order valence-corrected chi connectivity index (χ1v) is 4.98. The lowest BCUT2D eigenvalue weighted by Gasteiger charge is -2.23. The first-order chi connectivity index (χ1) is 6.00. The number of hydrogen-bond donors (Lipinski definition) is 1. The van der Waals surface area contributed by atoms with E-state index in [0.717, 1.165) is 0 Å². The van der Waals surface area contributed by atoms with Gasteiger partial charge in [0.1, 0.15) is 6.10 Å². The maximum Gasteiger partial charge on any atom is 0.101 e. The molecule has 0 bridgehead atoms. The Morgan fingerprint density at radius 2 is 1.92 bits per heavy atom. The van der Waals surface area contributed by atoms with Gasteiger partial charge in [0.2, 0.25) is 0 Å². The normalized spacial score (nSPS) is 14.9.